The van der Waals surface area contributed by atoms with E-state index in [9.17, 15) is 13.2 Å². The normalized spacial score (nSPS) is 13.2. The largest absolute Gasteiger partial charge is 0.481 e. The number of carboxylic acids is 1. The smallest absolute Gasteiger partial charge is 0.304 e. The molecule has 0 aliphatic rings. The van der Waals surface area contributed by atoms with Gasteiger partial charge in [-0.25, -0.2) is 13.1 Å². The summed E-state index contributed by atoms with van der Waals surface area (Å²) in [5.74, 6) is -1.02. The first-order valence-corrected chi connectivity index (χ1v) is 8.54. The topological polar surface area (TPSA) is 83.5 Å². The van der Waals surface area contributed by atoms with Gasteiger partial charge in [-0.1, -0.05) is 29.3 Å². The van der Waals surface area contributed by atoms with E-state index in [1.54, 1.807) is 19.1 Å². The van der Waals surface area contributed by atoms with Crippen LogP contribution in [0, 0.1) is 6.92 Å². The molecule has 0 saturated carbocycles. The van der Waals surface area contributed by atoms with E-state index in [2.05, 4.69) is 20.7 Å². The summed E-state index contributed by atoms with van der Waals surface area (Å²) in [7, 11) is -3.70. The molecule has 0 aliphatic carbocycles. The molecule has 2 N–H and O–H groups in total. The summed E-state index contributed by atoms with van der Waals surface area (Å²) in [5.41, 5.74) is 0.804. The molecule has 1 unspecified atom stereocenters. The van der Waals surface area contributed by atoms with E-state index in [0.717, 1.165) is 10.0 Å². The number of carboxylic acid groups (broad SMARTS) is 1. The van der Waals surface area contributed by atoms with Gasteiger partial charge >= 0.3 is 5.97 Å². The fourth-order valence-electron chi connectivity index (χ4n) is 1.83. The second kappa shape index (κ2) is 7.19. The first-order valence-electron chi connectivity index (χ1n) is 6.26. The Morgan fingerprint density at radius 3 is 2.60 bits per heavy atom. The second-order valence-corrected chi connectivity index (χ2v) is 7.18. The summed E-state index contributed by atoms with van der Waals surface area (Å²) in [6.45, 7) is 3.68. The number of hydrogen-bond acceptors (Lipinski definition) is 3. The molecule has 0 aliphatic heterocycles. The second-order valence-electron chi connectivity index (χ2n) is 4.62. The molecular formula is C13H18BrNO4S. The molecule has 20 heavy (non-hydrogen) atoms. The molecule has 0 radical (unpaired) electrons. The van der Waals surface area contributed by atoms with Gasteiger partial charge in [0.1, 0.15) is 0 Å². The average Bonchev–Trinajstić information content (AvgIpc) is 2.31. The van der Waals surface area contributed by atoms with Gasteiger partial charge in [0.25, 0.3) is 0 Å². The summed E-state index contributed by atoms with van der Waals surface area (Å²) in [6.07, 6.45) is 0.976. The zero-order chi connectivity index (χ0) is 15.3. The molecule has 0 bridgehead atoms. The fraction of sp³-hybridized carbons (Fsp3) is 0.462. The predicted molar refractivity (Wildman–Crippen MR) is 80.1 cm³/mol. The maximum absolute atomic E-state index is 12.2. The summed E-state index contributed by atoms with van der Waals surface area (Å²) >= 11 is 3.31. The Bertz CT molecular complexity index is 586. The van der Waals surface area contributed by atoms with Gasteiger partial charge in [0.15, 0.2) is 0 Å². The van der Waals surface area contributed by atoms with Gasteiger partial charge < -0.3 is 5.11 Å². The van der Waals surface area contributed by atoms with Gasteiger partial charge in [-0.3, -0.25) is 4.79 Å². The molecule has 112 valence electrons. The zero-order valence-electron chi connectivity index (χ0n) is 11.4. The monoisotopic (exact) mass is 363 g/mol. The average molecular weight is 364 g/mol. The van der Waals surface area contributed by atoms with E-state index < -0.39 is 22.0 Å². The van der Waals surface area contributed by atoms with Crippen molar-refractivity contribution in [3.05, 3.63) is 28.2 Å². The number of sulfonamides is 1. The molecule has 5 nitrogen and oxygen atoms in total. The lowest BCUT2D eigenvalue weighted by atomic mass is 10.1. The number of nitrogens with one attached hydrogen (secondary N) is 1. The van der Waals surface area contributed by atoms with E-state index in [-0.39, 0.29) is 11.3 Å². The SMILES string of the molecule is CCCC(CC(=O)O)NS(=O)(=O)c1ccc(Br)c(C)c1. The van der Waals surface area contributed by atoms with E-state index in [0.29, 0.717) is 12.8 Å². The van der Waals surface area contributed by atoms with Crippen LogP contribution in [0.1, 0.15) is 31.7 Å². The Balaban J connectivity index is 2.96. The Morgan fingerprint density at radius 2 is 2.10 bits per heavy atom. The molecule has 1 rings (SSSR count). The molecule has 1 atom stereocenters. The van der Waals surface area contributed by atoms with Crippen LogP contribution in [0.4, 0.5) is 0 Å². The highest BCUT2D eigenvalue weighted by atomic mass is 79.9. The standard InChI is InChI=1S/C13H18BrNO4S/c1-3-4-10(8-13(16)17)15-20(18,19)11-5-6-12(14)9(2)7-11/h5-7,10,15H,3-4,8H2,1-2H3,(H,16,17). The minimum absolute atomic E-state index is 0.143. The minimum atomic E-state index is -3.70. The van der Waals surface area contributed by atoms with Gasteiger partial charge in [0.2, 0.25) is 10.0 Å². The summed E-state index contributed by atoms with van der Waals surface area (Å²) < 4.78 is 27.8. The van der Waals surface area contributed by atoms with E-state index in [1.165, 1.54) is 6.07 Å². The van der Waals surface area contributed by atoms with Crippen molar-refractivity contribution < 1.29 is 18.3 Å². The van der Waals surface area contributed by atoms with Crippen LogP contribution in [0.3, 0.4) is 0 Å². The van der Waals surface area contributed by atoms with Gasteiger partial charge in [-0.15, -0.1) is 0 Å². The molecule has 0 aromatic heterocycles. The molecule has 0 spiro atoms. The van der Waals surface area contributed by atoms with E-state index >= 15 is 0 Å². The maximum Gasteiger partial charge on any atom is 0.304 e. The third-order valence-corrected chi connectivity index (χ3v) is 5.23. The van der Waals surface area contributed by atoms with Crippen LogP contribution in [-0.2, 0) is 14.8 Å². The van der Waals surface area contributed by atoms with Crippen molar-refractivity contribution >= 4 is 31.9 Å². The summed E-state index contributed by atoms with van der Waals surface area (Å²) in [6, 6.07) is 4.11. The Labute approximate surface area is 127 Å². The highest BCUT2D eigenvalue weighted by molar-refractivity contribution is 9.10. The quantitative estimate of drug-likeness (QED) is 0.779. The highest BCUT2D eigenvalue weighted by Crippen LogP contribution is 2.20. The first kappa shape index (κ1) is 17.1. The molecule has 0 amide bonds. The molecule has 1 aromatic carbocycles. The lowest BCUT2D eigenvalue weighted by Gasteiger charge is -2.16. The van der Waals surface area contributed by atoms with Crippen molar-refractivity contribution in [3.63, 3.8) is 0 Å². The van der Waals surface area contributed by atoms with Crippen LogP contribution in [0.2, 0.25) is 0 Å². The van der Waals surface area contributed by atoms with Crippen molar-refractivity contribution in [1.82, 2.24) is 4.72 Å². The Morgan fingerprint density at radius 1 is 1.45 bits per heavy atom. The summed E-state index contributed by atoms with van der Waals surface area (Å²) in [5, 5.41) is 8.82. The number of hydrogen-bond donors (Lipinski definition) is 2. The fourth-order valence-corrected chi connectivity index (χ4v) is 3.44. The third-order valence-electron chi connectivity index (χ3n) is 2.82. The van der Waals surface area contributed by atoms with E-state index in [4.69, 9.17) is 5.11 Å². The predicted octanol–water partition coefficient (Wildman–Crippen LogP) is 2.68. The molecular weight excluding hydrogens is 346 g/mol. The first-order chi connectivity index (χ1) is 9.26. The van der Waals surface area contributed by atoms with Gasteiger partial charge in [0.05, 0.1) is 11.3 Å². The van der Waals surface area contributed by atoms with Crippen molar-refractivity contribution in [2.75, 3.05) is 0 Å². The lowest BCUT2D eigenvalue weighted by molar-refractivity contribution is -0.137. The zero-order valence-corrected chi connectivity index (χ0v) is 13.8. The maximum atomic E-state index is 12.2. The van der Waals surface area contributed by atoms with Gasteiger partial charge in [-0.05, 0) is 37.1 Å². The van der Waals surface area contributed by atoms with Crippen LogP contribution >= 0.6 is 15.9 Å². The minimum Gasteiger partial charge on any atom is -0.481 e. The van der Waals surface area contributed by atoms with Crippen LogP contribution in [0.5, 0.6) is 0 Å². The third kappa shape index (κ3) is 4.88. The van der Waals surface area contributed by atoms with Crippen LogP contribution in [-0.4, -0.2) is 25.5 Å². The Hall–Kier alpha value is -0.920. The molecule has 1 aromatic rings. The summed E-state index contributed by atoms with van der Waals surface area (Å²) in [4.78, 5) is 10.9. The van der Waals surface area contributed by atoms with Crippen LogP contribution in [0.15, 0.2) is 27.6 Å². The Kier molecular flexibility index (Phi) is 6.16. The number of aliphatic carboxylic acids is 1. The van der Waals surface area contributed by atoms with Gasteiger partial charge in [-0.2, -0.15) is 0 Å². The van der Waals surface area contributed by atoms with Crippen LogP contribution < -0.4 is 4.72 Å². The van der Waals surface area contributed by atoms with Crippen molar-refractivity contribution in [2.24, 2.45) is 0 Å². The van der Waals surface area contributed by atoms with Gasteiger partial charge in [0, 0.05) is 10.5 Å². The molecule has 0 fully saturated rings. The lowest BCUT2D eigenvalue weighted by Crippen LogP contribution is -2.36. The van der Waals surface area contributed by atoms with E-state index in [1.807, 2.05) is 6.92 Å². The number of halogens is 1. The molecule has 0 heterocycles. The number of benzene rings is 1. The molecule has 0 saturated heterocycles. The van der Waals surface area contributed by atoms with Crippen molar-refractivity contribution in [3.8, 4) is 0 Å². The molecule has 7 heteroatoms. The van der Waals surface area contributed by atoms with Crippen molar-refractivity contribution in [1.29, 1.82) is 0 Å². The number of rotatable bonds is 7. The van der Waals surface area contributed by atoms with Crippen molar-refractivity contribution in [2.45, 2.75) is 44.0 Å². The highest BCUT2D eigenvalue weighted by Gasteiger charge is 2.21. The van der Waals surface area contributed by atoms with Crippen LogP contribution in [0.25, 0.3) is 0 Å². The number of carbonyl (C=O) groups is 1. The number of aryl methyl sites for hydroxylation is 1.